The number of halogens is 1. The van der Waals surface area contributed by atoms with Crippen LogP contribution in [0, 0.1) is 11.5 Å². The van der Waals surface area contributed by atoms with E-state index in [4.69, 9.17) is 0 Å². The highest BCUT2D eigenvalue weighted by molar-refractivity contribution is 9.10. The minimum absolute atomic E-state index is 1.11. The standard InChI is InChI=1S/C25H21BrSi/c1-27(2,3)17-16-19-13-12-18-8-4-5-9-20(18)25(19)23-14-15-24(26)22-11-7-6-10-21(22)23/h4-15H,1-3H3. The maximum absolute atomic E-state index is 3.71. The Bertz CT molecular complexity index is 1220. The maximum atomic E-state index is 3.71. The molecule has 0 bridgehead atoms. The van der Waals surface area contributed by atoms with E-state index in [0.717, 1.165) is 10.0 Å². The smallest absolute Gasteiger partial charge is 0.127 e. The molecule has 0 saturated carbocycles. The monoisotopic (exact) mass is 428 g/mol. The van der Waals surface area contributed by atoms with Crippen LogP contribution < -0.4 is 0 Å². The molecule has 0 spiro atoms. The number of rotatable bonds is 1. The van der Waals surface area contributed by atoms with Gasteiger partial charge in [0.1, 0.15) is 8.07 Å². The lowest BCUT2D eigenvalue weighted by atomic mass is 9.90. The van der Waals surface area contributed by atoms with Gasteiger partial charge in [0.05, 0.1) is 0 Å². The molecule has 0 radical (unpaired) electrons. The molecule has 0 aromatic heterocycles. The zero-order valence-corrected chi connectivity index (χ0v) is 18.4. The Hall–Kier alpha value is -2.34. The van der Waals surface area contributed by atoms with Crippen molar-refractivity contribution in [2.24, 2.45) is 0 Å². The van der Waals surface area contributed by atoms with Crippen molar-refractivity contribution in [2.75, 3.05) is 0 Å². The Labute approximate surface area is 170 Å². The minimum Gasteiger partial charge on any atom is -0.127 e. The fourth-order valence-corrected chi connectivity index (χ4v) is 4.39. The summed E-state index contributed by atoms with van der Waals surface area (Å²) in [5.41, 5.74) is 7.15. The zero-order chi connectivity index (χ0) is 19.0. The van der Waals surface area contributed by atoms with Gasteiger partial charge in [-0.2, -0.15) is 0 Å². The van der Waals surface area contributed by atoms with Crippen LogP contribution in [0.3, 0.4) is 0 Å². The second-order valence-electron chi connectivity index (χ2n) is 7.85. The molecule has 0 saturated heterocycles. The van der Waals surface area contributed by atoms with Crippen LogP contribution in [0.1, 0.15) is 5.56 Å². The van der Waals surface area contributed by atoms with Crippen molar-refractivity contribution in [2.45, 2.75) is 19.6 Å². The molecule has 0 N–H and O–H groups in total. The summed E-state index contributed by atoms with van der Waals surface area (Å²) in [6.45, 7) is 6.86. The molecule has 0 heterocycles. The van der Waals surface area contributed by atoms with Crippen molar-refractivity contribution < 1.29 is 0 Å². The molecule has 132 valence electrons. The third-order valence-electron chi connectivity index (χ3n) is 4.64. The lowest BCUT2D eigenvalue weighted by Gasteiger charge is -2.14. The van der Waals surface area contributed by atoms with Gasteiger partial charge in [-0.3, -0.25) is 0 Å². The van der Waals surface area contributed by atoms with E-state index in [0.29, 0.717) is 0 Å². The molecule has 4 aromatic carbocycles. The summed E-state index contributed by atoms with van der Waals surface area (Å²) >= 11 is 3.71. The second-order valence-corrected chi connectivity index (χ2v) is 13.5. The molecule has 0 unspecified atom stereocenters. The van der Waals surface area contributed by atoms with Crippen molar-refractivity contribution in [3.63, 3.8) is 0 Å². The first kappa shape index (κ1) is 18.0. The first-order valence-corrected chi connectivity index (χ1v) is 13.5. The fourth-order valence-electron chi connectivity index (χ4n) is 3.40. The lowest BCUT2D eigenvalue weighted by Crippen LogP contribution is -2.16. The largest absolute Gasteiger partial charge is 0.129 e. The quantitative estimate of drug-likeness (QED) is 0.215. The van der Waals surface area contributed by atoms with Gasteiger partial charge in [-0.15, -0.1) is 5.54 Å². The van der Waals surface area contributed by atoms with E-state index in [1.807, 2.05) is 0 Å². The Morgan fingerprint density at radius 3 is 2.11 bits per heavy atom. The predicted molar refractivity (Wildman–Crippen MR) is 125 cm³/mol. The summed E-state index contributed by atoms with van der Waals surface area (Å²) < 4.78 is 1.12. The van der Waals surface area contributed by atoms with Crippen LogP contribution >= 0.6 is 15.9 Å². The van der Waals surface area contributed by atoms with Crippen LogP contribution in [0.25, 0.3) is 32.7 Å². The normalized spacial score (nSPS) is 11.4. The van der Waals surface area contributed by atoms with Gasteiger partial charge in [0, 0.05) is 15.6 Å². The van der Waals surface area contributed by atoms with Crippen LogP contribution in [0.15, 0.2) is 77.3 Å². The number of hydrogen-bond acceptors (Lipinski definition) is 0. The van der Waals surface area contributed by atoms with E-state index < -0.39 is 8.07 Å². The van der Waals surface area contributed by atoms with Crippen molar-refractivity contribution in [3.05, 3.63) is 82.8 Å². The summed E-state index contributed by atoms with van der Waals surface area (Å²) in [7, 11) is -1.46. The molecule has 0 aliphatic heterocycles. The van der Waals surface area contributed by atoms with Crippen LogP contribution in [-0.2, 0) is 0 Å². The van der Waals surface area contributed by atoms with Crippen LogP contribution in [-0.4, -0.2) is 8.07 Å². The van der Waals surface area contributed by atoms with Crippen LogP contribution in [0.4, 0.5) is 0 Å². The highest BCUT2D eigenvalue weighted by Gasteiger charge is 2.14. The number of benzene rings is 4. The summed E-state index contributed by atoms with van der Waals surface area (Å²) in [5.74, 6) is 3.52. The molecular formula is C25H21BrSi. The molecule has 0 aliphatic rings. The first-order valence-electron chi connectivity index (χ1n) is 9.17. The molecular weight excluding hydrogens is 408 g/mol. The fraction of sp³-hybridized carbons (Fsp3) is 0.120. The van der Waals surface area contributed by atoms with Gasteiger partial charge < -0.3 is 0 Å². The Balaban J connectivity index is 2.12. The van der Waals surface area contributed by atoms with Crippen molar-refractivity contribution >= 4 is 45.5 Å². The molecule has 4 rings (SSSR count). The van der Waals surface area contributed by atoms with E-state index in [2.05, 4.69) is 120 Å². The van der Waals surface area contributed by atoms with E-state index in [1.54, 1.807) is 0 Å². The Morgan fingerprint density at radius 2 is 1.37 bits per heavy atom. The van der Waals surface area contributed by atoms with Crippen LogP contribution in [0.2, 0.25) is 19.6 Å². The maximum Gasteiger partial charge on any atom is 0.129 e. The predicted octanol–water partition coefficient (Wildman–Crippen LogP) is 7.65. The molecule has 0 nitrogen and oxygen atoms in total. The van der Waals surface area contributed by atoms with Gasteiger partial charge in [-0.25, -0.2) is 0 Å². The summed E-state index contributed by atoms with van der Waals surface area (Å²) in [4.78, 5) is 0. The van der Waals surface area contributed by atoms with Gasteiger partial charge in [0.25, 0.3) is 0 Å². The van der Waals surface area contributed by atoms with Crippen molar-refractivity contribution in [1.29, 1.82) is 0 Å². The molecule has 4 aromatic rings. The summed E-state index contributed by atoms with van der Waals surface area (Å²) in [5, 5.41) is 4.98. The molecule has 0 fully saturated rings. The van der Waals surface area contributed by atoms with Crippen LogP contribution in [0.5, 0.6) is 0 Å². The van der Waals surface area contributed by atoms with E-state index >= 15 is 0 Å². The van der Waals surface area contributed by atoms with Gasteiger partial charge in [-0.05, 0) is 39.2 Å². The third-order valence-corrected chi connectivity index (χ3v) is 6.21. The van der Waals surface area contributed by atoms with Gasteiger partial charge in [-0.1, -0.05) is 102 Å². The SMILES string of the molecule is C[Si](C)(C)C#Cc1ccc2ccccc2c1-c1ccc(Br)c2ccccc12. The Morgan fingerprint density at radius 1 is 0.704 bits per heavy atom. The topological polar surface area (TPSA) is 0 Å². The highest BCUT2D eigenvalue weighted by atomic mass is 79.9. The average Bonchev–Trinajstić information content (AvgIpc) is 2.66. The average molecular weight is 429 g/mol. The minimum atomic E-state index is -1.46. The molecule has 0 atom stereocenters. The lowest BCUT2D eigenvalue weighted by molar-refractivity contribution is 1.63. The second kappa shape index (κ2) is 7.00. The van der Waals surface area contributed by atoms with Crippen molar-refractivity contribution in [3.8, 4) is 22.6 Å². The molecule has 0 amide bonds. The van der Waals surface area contributed by atoms with E-state index in [-0.39, 0.29) is 0 Å². The zero-order valence-electron chi connectivity index (χ0n) is 15.8. The number of fused-ring (bicyclic) bond motifs is 2. The molecule has 0 aliphatic carbocycles. The van der Waals surface area contributed by atoms with E-state index in [1.165, 1.54) is 32.7 Å². The highest BCUT2D eigenvalue weighted by Crippen LogP contribution is 2.38. The van der Waals surface area contributed by atoms with Crippen molar-refractivity contribution in [1.82, 2.24) is 0 Å². The van der Waals surface area contributed by atoms with Gasteiger partial charge in [0.2, 0.25) is 0 Å². The Kier molecular flexibility index (Phi) is 4.68. The molecule has 2 heteroatoms. The summed E-state index contributed by atoms with van der Waals surface area (Å²) in [6, 6.07) is 25.9. The third kappa shape index (κ3) is 3.58. The van der Waals surface area contributed by atoms with E-state index in [9.17, 15) is 0 Å². The summed E-state index contributed by atoms with van der Waals surface area (Å²) in [6.07, 6.45) is 0. The van der Waals surface area contributed by atoms with Gasteiger partial charge >= 0.3 is 0 Å². The molecule has 27 heavy (non-hydrogen) atoms. The number of hydrogen-bond donors (Lipinski definition) is 0. The first-order chi connectivity index (χ1) is 12.9. The van der Waals surface area contributed by atoms with Gasteiger partial charge in [0.15, 0.2) is 0 Å².